The molecule has 2 aliphatic rings. The first-order valence-corrected chi connectivity index (χ1v) is 13.3. The molecule has 0 saturated carbocycles. The summed E-state index contributed by atoms with van der Waals surface area (Å²) in [4.78, 5) is 41.0. The predicted molar refractivity (Wildman–Crippen MR) is 140 cm³/mol. The molecule has 1 aromatic heterocycles. The van der Waals surface area contributed by atoms with Crippen molar-refractivity contribution in [2.75, 3.05) is 13.7 Å². The summed E-state index contributed by atoms with van der Waals surface area (Å²) in [5.41, 5.74) is 1.56. The van der Waals surface area contributed by atoms with Crippen LogP contribution in [0.15, 0.2) is 24.4 Å². The minimum atomic E-state index is -0.638. The van der Waals surface area contributed by atoms with Crippen LogP contribution in [0.25, 0.3) is 10.9 Å². The smallest absolute Gasteiger partial charge is 0.245 e. The number of amides is 2. The molecule has 36 heavy (non-hydrogen) atoms. The van der Waals surface area contributed by atoms with Crippen LogP contribution in [-0.4, -0.2) is 71.0 Å². The van der Waals surface area contributed by atoms with E-state index in [1.54, 1.807) is 20.9 Å². The highest BCUT2D eigenvalue weighted by Gasteiger charge is 2.43. The Hall–Kier alpha value is -2.42. The monoisotopic (exact) mass is 516 g/mol. The van der Waals surface area contributed by atoms with E-state index in [4.69, 9.17) is 16.3 Å². The highest BCUT2D eigenvalue weighted by Crippen LogP contribution is 2.34. The highest BCUT2D eigenvalue weighted by molar-refractivity contribution is 6.31. The second kappa shape index (κ2) is 11.3. The number of carbonyl (C=O) groups is 3. The van der Waals surface area contributed by atoms with Gasteiger partial charge in [-0.2, -0.15) is 0 Å². The van der Waals surface area contributed by atoms with Crippen LogP contribution in [0.1, 0.15) is 63.2 Å². The second-order valence-corrected chi connectivity index (χ2v) is 10.4. The van der Waals surface area contributed by atoms with E-state index in [2.05, 4.69) is 15.2 Å². The largest absolute Gasteiger partial charge is 0.378 e. The van der Waals surface area contributed by atoms with E-state index in [1.165, 1.54) is 0 Å². The summed E-state index contributed by atoms with van der Waals surface area (Å²) in [5, 5.41) is 7.35. The zero-order valence-electron chi connectivity index (χ0n) is 21.6. The molecule has 8 nitrogen and oxygen atoms in total. The number of aromatic nitrogens is 1. The minimum Gasteiger partial charge on any atom is -0.378 e. The number of fused-ring (bicyclic) bond motifs is 2. The van der Waals surface area contributed by atoms with Crippen molar-refractivity contribution >= 4 is 40.1 Å². The third-order valence-electron chi connectivity index (χ3n) is 7.67. The Bertz CT molecular complexity index is 1130. The predicted octanol–water partition coefficient (Wildman–Crippen LogP) is 3.54. The summed E-state index contributed by atoms with van der Waals surface area (Å²) in [6.45, 7) is 6.45. The molecule has 0 aliphatic carbocycles. The maximum atomic E-state index is 14.0. The number of rotatable bonds is 8. The van der Waals surface area contributed by atoms with Crippen molar-refractivity contribution in [1.82, 2.24) is 20.1 Å². The molecule has 196 valence electrons. The first kappa shape index (κ1) is 26.6. The SMILES string of the molecule is CCOC1CC[C@H]2CC[C@@H](Cn3cc(C(C)=O)c4cc(Cl)ccc43)N2C(=O)[C@@H](NC(=O)[C@H](C)NC)C1. The maximum absolute atomic E-state index is 14.0. The molecular weight excluding hydrogens is 480 g/mol. The van der Waals surface area contributed by atoms with Crippen LogP contribution >= 0.6 is 11.6 Å². The van der Waals surface area contributed by atoms with Gasteiger partial charge < -0.3 is 24.8 Å². The number of hydrogen-bond donors (Lipinski definition) is 2. The van der Waals surface area contributed by atoms with Gasteiger partial charge in [-0.3, -0.25) is 14.4 Å². The van der Waals surface area contributed by atoms with Crippen LogP contribution in [0.4, 0.5) is 0 Å². The molecule has 2 aliphatic heterocycles. The first-order valence-electron chi connectivity index (χ1n) is 12.9. The fraction of sp³-hybridized carbons (Fsp3) is 0.593. The third kappa shape index (κ3) is 5.45. The number of hydrogen-bond acceptors (Lipinski definition) is 5. The van der Waals surface area contributed by atoms with E-state index in [-0.39, 0.29) is 35.8 Å². The third-order valence-corrected chi connectivity index (χ3v) is 7.90. The topological polar surface area (TPSA) is 92.7 Å². The van der Waals surface area contributed by atoms with E-state index in [1.807, 2.05) is 36.2 Å². The van der Waals surface area contributed by atoms with Crippen molar-refractivity contribution < 1.29 is 19.1 Å². The molecule has 9 heteroatoms. The highest BCUT2D eigenvalue weighted by atomic mass is 35.5. The van der Waals surface area contributed by atoms with Gasteiger partial charge in [0.1, 0.15) is 6.04 Å². The van der Waals surface area contributed by atoms with Gasteiger partial charge in [-0.1, -0.05) is 11.6 Å². The van der Waals surface area contributed by atoms with Crippen molar-refractivity contribution in [3.8, 4) is 0 Å². The number of ketones is 1. The fourth-order valence-electron chi connectivity index (χ4n) is 5.69. The summed E-state index contributed by atoms with van der Waals surface area (Å²) < 4.78 is 8.01. The number of benzene rings is 1. The number of nitrogens with zero attached hydrogens (tertiary/aromatic N) is 2. The van der Waals surface area contributed by atoms with Crippen LogP contribution in [0.2, 0.25) is 5.02 Å². The van der Waals surface area contributed by atoms with Crippen LogP contribution in [0.3, 0.4) is 0 Å². The molecule has 1 aromatic carbocycles. The zero-order valence-corrected chi connectivity index (χ0v) is 22.3. The fourth-order valence-corrected chi connectivity index (χ4v) is 5.86. The molecule has 0 spiro atoms. The summed E-state index contributed by atoms with van der Waals surface area (Å²) in [7, 11) is 1.73. The Morgan fingerprint density at radius 3 is 2.67 bits per heavy atom. The average molecular weight is 517 g/mol. The minimum absolute atomic E-state index is 0.0175. The van der Waals surface area contributed by atoms with Crippen molar-refractivity contribution in [2.24, 2.45) is 0 Å². The lowest BCUT2D eigenvalue weighted by Crippen LogP contribution is -2.57. The number of likely N-dealkylation sites (N-methyl/N-ethyl adjacent to an activating group) is 1. The van der Waals surface area contributed by atoms with Gasteiger partial charge in [-0.15, -0.1) is 0 Å². The lowest BCUT2D eigenvalue weighted by molar-refractivity contribution is -0.142. The number of Topliss-reactive ketones (excluding diaryl/α,β-unsaturated/α-hetero) is 1. The van der Waals surface area contributed by atoms with Crippen molar-refractivity contribution in [3.63, 3.8) is 0 Å². The Morgan fingerprint density at radius 2 is 1.97 bits per heavy atom. The van der Waals surface area contributed by atoms with Gasteiger partial charge in [0.2, 0.25) is 11.8 Å². The van der Waals surface area contributed by atoms with E-state index < -0.39 is 12.1 Å². The van der Waals surface area contributed by atoms with Crippen molar-refractivity contribution in [2.45, 2.75) is 89.7 Å². The Kier molecular flexibility index (Phi) is 8.37. The maximum Gasteiger partial charge on any atom is 0.245 e. The van der Waals surface area contributed by atoms with Gasteiger partial charge in [0.15, 0.2) is 5.78 Å². The molecule has 4 rings (SSSR count). The summed E-state index contributed by atoms with van der Waals surface area (Å²) in [5.74, 6) is -0.260. The number of ether oxygens (including phenoxy) is 1. The van der Waals surface area contributed by atoms with Crippen molar-refractivity contribution in [3.05, 3.63) is 35.0 Å². The zero-order chi connectivity index (χ0) is 26.0. The molecule has 2 amide bonds. The molecule has 1 unspecified atom stereocenters. The van der Waals surface area contributed by atoms with Gasteiger partial charge in [0.05, 0.1) is 18.2 Å². The van der Waals surface area contributed by atoms with Gasteiger partial charge in [-0.25, -0.2) is 0 Å². The second-order valence-electron chi connectivity index (χ2n) is 10.0. The number of carbonyl (C=O) groups excluding carboxylic acids is 3. The molecule has 2 fully saturated rings. The Balaban J connectivity index is 1.63. The van der Waals surface area contributed by atoms with Crippen LogP contribution < -0.4 is 10.6 Å². The normalized spacial score (nSPS) is 25.4. The molecule has 2 saturated heterocycles. The quantitative estimate of drug-likeness (QED) is 0.523. The lowest BCUT2D eigenvalue weighted by atomic mass is 9.96. The molecular formula is C27H37ClN4O4. The Morgan fingerprint density at radius 1 is 1.22 bits per heavy atom. The van der Waals surface area contributed by atoms with Gasteiger partial charge in [0, 0.05) is 53.3 Å². The molecule has 2 N–H and O–H groups in total. The van der Waals surface area contributed by atoms with Crippen LogP contribution in [-0.2, 0) is 20.9 Å². The summed E-state index contributed by atoms with van der Waals surface area (Å²) >= 11 is 6.22. The standard InChI is InChI=1S/C27H37ClN4O4/c1-5-36-21-10-9-19-7-8-20(32(19)27(35)24(13-21)30-26(34)16(2)29-4)14-31-15-23(17(3)33)22-12-18(28)6-11-25(22)31/h6,11-12,15-16,19-21,24,29H,5,7-10,13-14H2,1-4H3,(H,30,34)/t16-,19+,20-,21?,24-/m0/s1. The van der Waals surface area contributed by atoms with E-state index >= 15 is 0 Å². The van der Waals surface area contributed by atoms with E-state index in [9.17, 15) is 14.4 Å². The summed E-state index contributed by atoms with van der Waals surface area (Å²) in [6, 6.07) is 4.62. The molecule has 0 bridgehead atoms. The van der Waals surface area contributed by atoms with E-state index in [0.717, 1.165) is 36.6 Å². The van der Waals surface area contributed by atoms with Gasteiger partial charge >= 0.3 is 0 Å². The number of halogens is 1. The average Bonchev–Trinajstić information content (AvgIpc) is 3.41. The van der Waals surface area contributed by atoms with Gasteiger partial charge in [0.25, 0.3) is 0 Å². The Labute approximate surface area is 217 Å². The van der Waals surface area contributed by atoms with Crippen LogP contribution in [0.5, 0.6) is 0 Å². The van der Waals surface area contributed by atoms with Crippen molar-refractivity contribution in [1.29, 1.82) is 0 Å². The molecule has 0 radical (unpaired) electrons. The molecule has 5 atom stereocenters. The van der Waals surface area contributed by atoms with Gasteiger partial charge in [-0.05, 0) is 71.7 Å². The number of nitrogens with one attached hydrogen (secondary N) is 2. The van der Waals surface area contributed by atoms with E-state index in [0.29, 0.717) is 30.2 Å². The molecule has 3 heterocycles. The van der Waals surface area contributed by atoms with Crippen LogP contribution in [0, 0.1) is 0 Å². The lowest BCUT2D eigenvalue weighted by Gasteiger charge is -2.38. The molecule has 2 aromatic rings. The summed E-state index contributed by atoms with van der Waals surface area (Å²) in [6.07, 6.45) is 5.78. The first-order chi connectivity index (χ1) is 17.2.